The minimum atomic E-state index is -0.0554. The van der Waals surface area contributed by atoms with Crippen molar-refractivity contribution in [2.45, 2.75) is 39.2 Å². The van der Waals surface area contributed by atoms with Crippen molar-refractivity contribution < 1.29 is 4.79 Å². The number of hydrogen-bond acceptors (Lipinski definition) is 4. The number of carbonyl (C=O) groups excluding carboxylic acids is 1. The molecule has 0 aromatic carbocycles. The molecule has 4 rings (SSSR count). The lowest BCUT2D eigenvalue weighted by Crippen LogP contribution is -2.40. The molecule has 1 aliphatic heterocycles. The van der Waals surface area contributed by atoms with Crippen LogP contribution in [0, 0.1) is 13.8 Å². The molecule has 1 saturated heterocycles. The molecule has 25 heavy (non-hydrogen) atoms. The second-order valence-electron chi connectivity index (χ2n) is 6.62. The molecule has 1 fully saturated rings. The molecule has 0 aliphatic carbocycles. The van der Waals surface area contributed by atoms with Crippen LogP contribution in [0.1, 0.15) is 53.0 Å². The lowest BCUT2D eigenvalue weighted by molar-refractivity contribution is 0.0591. The number of pyridine rings is 1. The number of carbonyl (C=O) groups is 1. The molecule has 128 valence electrons. The number of amides is 1. The van der Waals surface area contributed by atoms with Gasteiger partial charge in [0.2, 0.25) is 0 Å². The summed E-state index contributed by atoms with van der Waals surface area (Å²) in [4.78, 5) is 28.4. The summed E-state index contributed by atoms with van der Waals surface area (Å²) in [6.45, 7) is 4.61. The lowest BCUT2D eigenvalue weighted by Gasteiger charge is -2.35. The number of aromatic nitrogens is 4. The lowest BCUT2D eigenvalue weighted by atomic mass is 10.0. The molecule has 1 atom stereocenters. The molecule has 0 spiro atoms. The van der Waals surface area contributed by atoms with Gasteiger partial charge in [-0.2, -0.15) is 0 Å². The maximum atomic E-state index is 13.1. The number of rotatable bonds is 2. The zero-order chi connectivity index (χ0) is 17.4. The van der Waals surface area contributed by atoms with E-state index in [1.165, 1.54) is 0 Å². The van der Waals surface area contributed by atoms with Gasteiger partial charge >= 0.3 is 0 Å². The van der Waals surface area contributed by atoms with Gasteiger partial charge in [-0.3, -0.25) is 9.20 Å². The van der Waals surface area contributed by atoms with Gasteiger partial charge in [0.25, 0.3) is 5.91 Å². The van der Waals surface area contributed by atoms with E-state index >= 15 is 0 Å². The molecule has 3 aromatic rings. The Bertz CT molecular complexity index is 932. The molecule has 0 bridgehead atoms. The number of fused-ring (bicyclic) bond motifs is 1. The van der Waals surface area contributed by atoms with Crippen molar-refractivity contribution >= 4 is 11.4 Å². The summed E-state index contributed by atoms with van der Waals surface area (Å²) in [5.41, 5.74) is 3.30. The van der Waals surface area contributed by atoms with E-state index in [1.807, 2.05) is 47.5 Å². The van der Waals surface area contributed by atoms with E-state index in [9.17, 15) is 4.79 Å². The molecule has 0 N–H and O–H groups in total. The Morgan fingerprint density at radius 3 is 2.88 bits per heavy atom. The maximum absolute atomic E-state index is 13.1. The molecule has 4 heterocycles. The smallest absolute Gasteiger partial charge is 0.273 e. The van der Waals surface area contributed by atoms with Crippen LogP contribution in [0.2, 0.25) is 0 Å². The number of nitrogens with zero attached hydrogens (tertiary/aromatic N) is 5. The molecule has 1 amide bonds. The van der Waals surface area contributed by atoms with E-state index in [4.69, 9.17) is 4.98 Å². The molecule has 6 heteroatoms. The number of aryl methyl sites for hydroxylation is 2. The van der Waals surface area contributed by atoms with Crippen LogP contribution in [0.25, 0.3) is 5.52 Å². The summed E-state index contributed by atoms with van der Waals surface area (Å²) >= 11 is 0. The van der Waals surface area contributed by atoms with E-state index in [0.29, 0.717) is 5.69 Å². The maximum Gasteiger partial charge on any atom is 0.273 e. The third-order valence-corrected chi connectivity index (χ3v) is 4.73. The zero-order valence-corrected chi connectivity index (χ0v) is 14.5. The van der Waals surface area contributed by atoms with E-state index in [2.05, 4.69) is 9.97 Å². The van der Waals surface area contributed by atoms with Gasteiger partial charge in [0.05, 0.1) is 17.8 Å². The standard InChI is InChI=1S/C19H21N5O/c1-13-6-5-7-16(21-13)19(25)23-9-4-3-8-17(23)18-22-14(2)10-15-11-20-12-24(15)18/h5-7,10-12,17H,3-4,8-9H2,1-2H3/t17-/m0/s1. The summed E-state index contributed by atoms with van der Waals surface area (Å²) in [7, 11) is 0. The van der Waals surface area contributed by atoms with Gasteiger partial charge in [-0.05, 0) is 51.3 Å². The Morgan fingerprint density at radius 1 is 1.16 bits per heavy atom. The van der Waals surface area contributed by atoms with Crippen LogP contribution in [0.5, 0.6) is 0 Å². The second-order valence-corrected chi connectivity index (χ2v) is 6.62. The second kappa shape index (κ2) is 6.27. The summed E-state index contributed by atoms with van der Waals surface area (Å²) in [5.74, 6) is 0.859. The van der Waals surface area contributed by atoms with Gasteiger partial charge in [-0.25, -0.2) is 15.0 Å². The molecular weight excluding hydrogens is 314 g/mol. The molecule has 3 aromatic heterocycles. The van der Waals surface area contributed by atoms with Gasteiger partial charge in [0, 0.05) is 17.9 Å². The topological polar surface area (TPSA) is 63.4 Å². The average Bonchev–Trinajstić information content (AvgIpc) is 3.08. The predicted octanol–water partition coefficient (Wildman–Crippen LogP) is 3.11. The minimum absolute atomic E-state index is 0.0232. The summed E-state index contributed by atoms with van der Waals surface area (Å²) in [6, 6.07) is 7.53. The summed E-state index contributed by atoms with van der Waals surface area (Å²) in [6.07, 6.45) is 6.60. The van der Waals surface area contributed by atoms with Gasteiger partial charge in [0.15, 0.2) is 0 Å². The van der Waals surface area contributed by atoms with Crippen molar-refractivity contribution in [1.82, 2.24) is 24.3 Å². The Hall–Kier alpha value is -2.76. The van der Waals surface area contributed by atoms with Crippen molar-refractivity contribution in [3.8, 4) is 0 Å². The predicted molar refractivity (Wildman–Crippen MR) is 94.3 cm³/mol. The first kappa shape index (κ1) is 15.7. The van der Waals surface area contributed by atoms with Crippen LogP contribution in [-0.4, -0.2) is 36.7 Å². The van der Waals surface area contributed by atoms with Crippen molar-refractivity contribution in [3.63, 3.8) is 0 Å². The Kier molecular flexibility index (Phi) is 3.95. The van der Waals surface area contributed by atoms with E-state index < -0.39 is 0 Å². The van der Waals surface area contributed by atoms with Crippen molar-refractivity contribution in [1.29, 1.82) is 0 Å². The van der Waals surface area contributed by atoms with Gasteiger partial charge in [-0.15, -0.1) is 0 Å². The van der Waals surface area contributed by atoms with Crippen LogP contribution in [0.4, 0.5) is 0 Å². The number of hydrogen-bond donors (Lipinski definition) is 0. The normalized spacial score (nSPS) is 17.8. The van der Waals surface area contributed by atoms with Crippen LogP contribution in [0.15, 0.2) is 36.8 Å². The third-order valence-electron chi connectivity index (χ3n) is 4.73. The monoisotopic (exact) mass is 335 g/mol. The van der Waals surface area contributed by atoms with Crippen molar-refractivity contribution in [2.24, 2.45) is 0 Å². The van der Waals surface area contributed by atoms with E-state index in [-0.39, 0.29) is 11.9 Å². The number of imidazole rings is 1. The molecule has 0 unspecified atom stereocenters. The van der Waals surface area contributed by atoms with Crippen molar-refractivity contribution in [3.05, 3.63) is 59.7 Å². The fraction of sp³-hybridized carbons (Fsp3) is 0.368. The van der Waals surface area contributed by atoms with Crippen LogP contribution in [-0.2, 0) is 0 Å². The summed E-state index contributed by atoms with van der Waals surface area (Å²) in [5, 5.41) is 0. The molecule has 0 radical (unpaired) electrons. The fourth-order valence-electron chi connectivity index (χ4n) is 3.57. The third kappa shape index (κ3) is 2.88. The molecular formula is C19H21N5O. The van der Waals surface area contributed by atoms with Gasteiger partial charge in [-0.1, -0.05) is 6.07 Å². The van der Waals surface area contributed by atoms with Gasteiger partial charge in [0.1, 0.15) is 17.8 Å². The highest BCUT2D eigenvalue weighted by atomic mass is 16.2. The quantitative estimate of drug-likeness (QED) is 0.722. The Morgan fingerprint density at radius 2 is 2.04 bits per heavy atom. The minimum Gasteiger partial charge on any atom is -0.327 e. The summed E-state index contributed by atoms with van der Waals surface area (Å²) < 4.78 is 1.99. The van der Waals surface area contributed by atoms with Crippen molar-refractivity contribution in [2.75, 3.05) is 6.54 Å². The Labute approximate surface area is 146 Å². The first-order valence-electron chi connectivity index (χ1n) is 8.68. The van der Waals surface area contributed by atoms with Crippen LogP contribution in [0.3, 0.4) is 0 Å². The highest BCUT2D eigenvalue weighted by Gasteiger charge is 2.32. The zero-order valence-electron chi connectivity index (χ0n) is 14.5. The number of piperidine rings is 1. The molecule has 0 saturated carbocycles. The van der Waals surface area contributed by atoms with Crippen LogP contribution < -0.4 is 0 Å². The van der Waals surface area contributed by atoms with E-state index in [0.717, 1.165) is 48.5 Å². The molecule has 1 aliphatic rings. The Balaban J connectivity index is 1.76. The fourth-order valence-corrected chi connectivity index (χ4v) is 3.57. The first-order valence-corrected chi connectivity index (χ1v) is 8.68. The van der Waals surface area contributed by atoms with Gasteiger partial charge < -0.3 is 4.90 Å². The highest BCUT2D eigenvalue weighted by molar-refractivity contribution is 5.92. The largest absolute Gasteiger partial charge is 0.327 e. The first-order chi connectivity index (χ1) is 12.1. The molecule has 6 nitrogen and oxygen atoms in total. The highest BCUT2D eigenvalue weighted by Crippen LogP contribution is 2.31. The SMILES string of the molecule is Cc1cccc(C(=O)N2CCCC[C@H]2c2nc(C)cc3cncn23)n1. The van der Waals surface area contributed by atoms with E-state index in [1.54, 1.807) is 12.4 Å². The number of likely N-dealkylation sites (tertiary alicyclic amines) is 1. The average molecular weight is 335 g/mol. The van der Waals surface area contributed by atoms with Crippen LogP contribution >= 0.6 is 0 Å².